The summed E-state index contributed by atoms with van der Waals surface area (Å²) in [6.45, 7) is 1.50. The van der Waals surface area contributed by atoms with Crippen LogP contribution in [0.2, 0.25) is 0 Å². The average molecular weight is 341 g/mol. The molecular weight excluding hydrogens is 318 g/mol. The minimum atomic E-state index is -1.08. The summed E-state index contributed by atoms with van der Waals surface area (Å²) < 4.78 is 0. The summed E-state index contributed by atoms with van der Waals surface area (Å²) in [6, 6.07) is 16.7. The molecule has 0 radical (unpaired) electrons. The van der Waals surface area contributed by atoms with E-state index >= 15 is 0 Å². The number of hydrogen-bond acceptors (Lipinski definition) is 3. The second-order valence-electron chi connectivity index (χ2n) is 5.60. The molecule has 0 saturated carbocycles. The lowest BCUT2D eigenvalue weighted by Gasteiger charge is -2.23. The molecule has 0 saturated heterocycles. The van der Waals surface area contributed by atoms with E-state index in [1.54, 1.807) is 0 Å². The molecule has 1 atom stereocenters. The smallest absolute Gasteiger partial charge is 0.331 e. The van der Waals surface area contributed by atoms with Crippen molar-refractivity contribution in [3.63, 3.8) is 0 Å². The molecule has 4 N–H and O–H groups in total. The highest BCUT2D eigenvalue weighted by atomic mass is 16.4. The molecule has 1 unspecified atom stereocenters. The average Bonchev–Trinajstić information content (AvgIpc) is 2.64. The summed E-state index contributed by atoms with van der Waals surface area (Å²) in [7, 11) is 1.50. The highest BCUT2D eigenvalue weighted by Crippen LogP contribution is 2.31. The van der Waals surface area contributed by atoms with Crippen molar-refractivity contribution in [3.8, 4) is 0 Å². The number of allylic oxidation sites excluding steroid dienone is 2. The summed E-state index contributed by atoms with van der Waals surface area (Å²) in [4.78, 5) is 21.3. The Bertz CT molecular complexity index is 730. The summed E-state index contributed by atoms with van der Waals surface area (Å²) in [5.41, 5.74) is 3.55. The number of benzene rings is 2. The number of carboxylic acids is 2. The zero-order chi connectivity index (χ0) is 18.9. The minimum Gasteiger partial charge on any atom is -0.481 e. The second kappa shape index (κ2) is 9.39. The lowest BCUT2D eigenvalue weighted by molar-refractivity contribution is -0.145. The van der Waals surface area contributed by atoms with Crippen molar-refractivity contribution in [2.24, 2.45) is 11.1 Å². The van der Waals surface area contributed by atoms with Gasteiger partial charge in [0.05, 0.1) is 5.41 Å². The molecule has 0 fully saturated rings. The molecule has 0 aliphatic heterocycles. The number of rotatable bonds is 2. The Morgan fingerprint density at radius 2 is 1.40 bits per heavy atom. The summed E-state index contributed by atoms with van der Waals surface area (Å²) in [6.07, 6.45) is 4.43. The molecule has 2 aromatic carbocycles. The molecule has 0 spiro atoms. The Morgan fingerprint density at radius 3 is 1.76 bits per heavy atom. The Hall–Kier alpha value is -2.92. The second-order valence-corrected chi connectivity index (χ2v) is 5.60. The Kier molecular flexibility index (Phi) is 7.56. The minimum absolute atomic E-state index is 0.0359. The molecule has 2 aromatic rings. The van der Waals surface area contributed by atoms with Gasteiger partial charge in [-0.15, -0.1) is 0 Å². The van der Waals surface area contributed by atoms with Crippen molar-refractivity contribution in [1.29, 1.82) is 0 Å². The van der Waals surface area contributed by atoms with Crippen LogP contribution in [0.4, 0.5) is 0 Å². The van der Waals surface area contributed by atoms with E-state index in [2.05, 4.69) is 54.3 Å². The largest absolute Gasteiger partial charge is 0.481 e. The van der Waals surface area contributed by atoms with Crippen LogP contribution in [0, 0.1) is 5.41 Å². The number of carbonyl (C=O) groups is 2. The molecule has 0 amide bonds. The fraction of sp³-hybridized carbons (Fsp3) is 0.200. The van der Waals surface area contributed by atoms with Crippen molar-refractivity contribution in [2.45, 2.75) is 13.3 Å². The van der Waals surface area contributed by atoms with E-state index in [1.807, 2.05) is 0 Å². The van der Waals surface area contributed by atoms with Gasteiger partial charge in [-0.3, -0.25) is 4.79 Å². The lowest BCUT2D eigenvalue weighted by atomic mass is 9.80. The third kappa shape index (κ3) is 5.58. The first-order valence-electron chi connectivity index (χ1n) is 7.79. The molecule has 1 aliphatic rings. The molecule has 1 aliphatic carbocycles. The maximum atomic E-state index is 10.8. The molecule has 0 bridgehead atoms. The summed E-state index contributed by atoms with van der Waals surface area (Å²) >= 11 is 0. The van der Waals surface area contributed by atoms with Crippen LogP contribution < -0.4 is 5.73 Å². The van der Waals surface area contributed by atoms with Crippen molar-refractivity contribution in [2.75, 3.05) is 7.05 Å². The third-order valence-electron chi connectivity index (χ3n) is 3.74. The predicted octanol–water partition coefficient (Wildman–Crippen LogP) is 3.46. The highest BCUT2D eigenvalue weighted by molar-refractivity contribution is 5.90. The van der Waals surface area contributed by atoms with Gasteiger partial charge < -0.3 is 15.9 Å². The van der Waals surface area contributed by atoms with E-state index in [0.717, 1.165) is 0 Å². The molecular formula is C20H23NO4. The van der Waals surface area contributed by atoms with Gasteiger partial charge in [0, 0.05) is 5.57 Å². The maximum absolute atomic E-state index is 10.8. The van der Waals surface area contributed by atoms with E-state index in [1.165, 1.54) is 43.0 Å². The highest BCUT2D eigenvalue weighted by Gasteiger charge is 2.34. The predicted molar refractivity (Wildman–Crippen MR) is 99.3 cm³/mol. The number of carboxylic acid groups (broad SMARTS) is 2. The first-order valence-corrected chi connectivity index (χ1v) is 7.79. The number of nitrogens with two attached hydrogens (primary N) is 1. The molecule has 0 heterocycles. The van der Waals surface area contributed by atoms with Crippen LogP contribution in [0.5, 0.6) is 0 Å². The van der Waals surface area contributed by atoms with Crippen LogP contribution in [-0.4, -0.2) is 29.2 Å². The molecule has 5 heteroatoms. The molecule has 0 aromatic heterocycles. The van der Waals surface area contributed by atoms with Crippen molar-refractivity contribution < 1.29 is 19.8 Å². The molecule has 5 nitrogen and oxygen atoms in total. The van der Waals surface area contributed by atoms with Gasteiger partial charge in [-0.25, -0.2) is 4.79 Å². The van der Waals surface area contributed by atoms with Crippen molar-refractivity contribution in [3.05, 3.63) is 72.3 Å². The first-order chi connectivity index (χ1) is 11.9. The van der Waals surface area contributed by atoms with Crippen LogP contribution >= 0.6 is 0 Å². The zero-order valence-corrected chi connectivity index (χ0v) is 14.3. The third-order valence-corrected chi connectivity index (χ3v) is 3.74. The van der Waals surface area contributed by atoms with Crippen molar-refractivity contribution >= 4 is 22.7 Å². The van der Waals surface area contributed by atoms with Gasteiger partial charge in [0.25, 0.3) is 0 Å². The molecule has 132 valence electrons. The van der Waals surface area contributed by atoms with E-state index in [4.69, 9.17) is 10.2 Å². The van der Waals surface area contributed by atoms with Gasteiger partial charge in [-0.2, -0.15) is 0 Å². The van der Waals surface area contributed by atoms with Crippen LogP contribution in [-0.2, 0) is 9.59 Å². The SMILES string of the molecule is CC1(C(=O)O)C=CC=C(C(=O)O)C1.CN.c1ccc2ccccc2c1. The standard InChI is InChI=1S/C10H8.C9H10O4.CH5N/c1-2-6-10-8-4-3-7-9(10)5-1;1-9(8(12)13)4-2-3-6(5-9)7(10)11;1-2/h1-8H;2-4H,5H2,1H3,(H,10,11)(H,12,13);2H2,1H3. The van der Waals surface area contributed by atoms with Crippen LogP contribution in [0.25, 0.3) is 10.8 Å². The van der Waals surface area contributed by atoms with Gasteiger partial charge in [0.15, 0.2) is 0 Å². The van der Waals surface area contributed by atoms with Crippen LogP contribution in [0.3, 0.4) is 0 Å². The van der Waals surface area contributed by atoms with Gasteiger partial charge in [-0.05, 0) is 31.2 Å². The monoisotopic (exact) mass is 341 g/mol. The van der Waals surface area contributed by atoms with E-state index in [9.17, 15) is 9.59 Å². The first kappa shape index (κ1) is 20.1. The topological polar surface area (TPSA) is 101 Å². The number of aliphatic carboxylic acids is 2. The lowest BCUT2D eigenvalue weighted by Crippen LogP contribution is -2.28. The normalized spacial score (nSPS) is 18.1. The molecule has 3 rings (SSSR count). The molecule has 25 heavy (non-hydrogen) atoms. The zero-order valence-electron chi connectivity index (χ0n) is 14.3. The van der Waals surface area contributed by atoms with Gasteiger partial charge in [0.1, 0.15) is 0 Å². The van der Waals surface area contributed by atoms with E-state index in [-0.39, 0.29) is 12.0 Å². The Morgan fingerprint density at radius 1 is 0.960 bits per heavy atom. The number of hydrogen-bond donors (Lipinski definition) is 3. The Balaban J connectivity index is 0.000000233. The van der Waals surface area contributed by atoms with Crippen molar-refractivity contribution in [1.82, 2.24) is 0 Å². The van der Waals surface area contributed by atoms with Crippen LogP contribution in [0.1, 0.15) is 13.3 Å². The van der Waals surface area contributed by atoms with E-state index < -0.39 is 17.4 Å². The van der Waals surface area contributed by atoms with Gasteiger partial charge >= 0.3 is 11.9 Å². The van der Waals surface area contributed by atoms with E-state index in [0.29, 0.717) is 0 Å². The van der Waals surface area contributed by atoms with Crippen LogP contribution in [0.15, 0.2) is 72.3 Å². The summed E-state index contributed by atoms with van der Waals surface area (Å²) in [5, 5.41) is 20.1. The maximum Gasteiger partial charge on any atom is 0.331 e. The fourth-order valence-corrected chi connectivity index (χ4v) is 2.32. The summed E-state index contributed by atoms with van der Waals surface area (Å²) in [5.74, 6) is -2.06. The Labute approximate surface area is 147 Å². The number of fused-ring (bicyclic) bond motifs is 1. The fourth-order valence-electron chi connectivity index (χ4n) is 2.32. The quantitative estimate of drug-likeness (QED) is 0.776. The van der Waals surface area contributed by atoms with Gasteiger partial charge in [0.2, 0.25) is 0 Å². The van der Waals surface area contributed by atoms with Gasteiger partial charge in [-0.1, -0.05) is 66.8 Å².